The Morgan fingerprint density at radius 3 is 2.96 bits per heavy atom. The number of carbonyl (C=O) groups is 1. The number of rotatable bonds is 5. The molecule has 0 spiro atoms. The van der Waals surface area contributed by atoms with Crippen molar-refractivity contribution in [2.24, 2.45) is 5.92 Å². The molecule has 2 aromatic rings. The van der Waals surface area contributed by atoms with Crippen LogP contribution in [0.3, 0.4) is 0 Å². The fourth-order valence-electron chi connectivity index (χ4n) is 3.28. The predicted molar refractivity (Wildman–Crippen MR) is 97.4 cm³/mol. The molecule has 128 valence electrons. The lowest BCUT2D eigenvalue weighted by Gasteiger charge is -2.33. The number of amides is 1. The maximum Gasteiger partial charge on any atom is 0.227 e. The lowest BCUT2D eigenvalue weighted by Crippen LogP contribution is -2.41. The van der Waals surface area contributed by atoms with Gasteiger partial charge < -0.3 is 9.80 Å². The third-order valence-corrected chi connectivity index (χ3v) is 5.31. The molecule has 0 N–H and O–H groups in total. The van der Waals surface area contributed by atoms with Crippen LogP contribution in [0, 0.1) is 5.92 Å². The van der Waals surface area contributed by atoms with Crippen molar-refractivity contribution in [3.8, 4) is 0 Å². The van der Waals surface area contributed by atoms with E-state index in [9.17, 15) is 4.79 Å². The van der Waals surface area contributed by atoms with E-state index in [1.54, 1.807) is 23.7 Å². The normalized spacial score (nSPS) is 17.8. The molecule has 24 heavy (non-hydrogen) atoms. The number of carbonyl (C=O) groups excluding carboxylic acids is 1. The number of hydrogen-bond acceptors (Lipinski definition) is 5. The number of aromatic nitrogens is 2. The van der Waals surface area contributed by atoms with E-state index < -0.39 is 0 Å². The molecular weight excluding hydrogens is 320 g/mol. The minimum absolute atomic E-state index is 0.245. The standard InChI is InChI=1S/C18H24N4OS/c1-21(2)18-16(19-7-8-20-18)11-14-5-3-9-22(13-14)17(23)12-15-6-4-10-24-15/h4,6-8,10,14H,3,5,9,11-13H2,1-2H3. The van der Waals surface area contributed by atoms with Gasteiger partial charge in [-0.1, -0.05) is 6.07 Å². The largest absolute Gasteiger partial charge is 0.361 e. The molecule has 0 bridgehead atoms. The van der Waals surface area contributed by atoms with E-state index in [0.717, 1.165) is 48.7 Å². The summed E-state index contributed by atoms with van der Waals surface area (Å²) in [5, 5.41) is 2.03. The molecule has 5 nitrogen and oxygen atoms in total. The highest BCUT2D eigenvalue weighted by molar-refractivity contribution is 7.10. The first-order chi connectivity index (χ1) is 11.6. The van der Waals surface area contributed by atoms with Crippen LogP contribution < -0.4 is 4.90 Å². The first-order valence-electron chi connectivity index (χ1n) is 8.41. The van der Waals surface area contributed by atoms with Crippen LogP contribution >= 0.6 is 11.3 Å². The zero-order chi connectivity index (χ0) is 16.9. The number of nitrogens with zero attached hydrogens (tertiary/aromatic N) is 4. The molecule has 3 rings (SSSR count). The summed E-state index contributed by atoms with van der Waals surface area (Å²) in [6.07, 6.45) is 7.11. The highest BCUT2D eigenvalue weighted by atomic mass is 32.1. The predicted octanol–water partition coefficient (Wildman–Crippen LogP) is 2.63. The molecule has 6 heteroatoms. The second-order valence-electron chi connectivity index (χ2n) is 6.53. The van der Waals surface area contributed by atoms with E-state index in [2.05, 4.69) is 9.97 Å². The van der Waals surface area contributed by atoms with Gasteiger partial charge in [0, 0.05) is 44.5 Å². The average Bonchev–Trinajstić information content (AvgIpc) is 3.08. The quantitative estimate of drug-likeness (QED) is 0.837. The first-order valence-corrected chi connectivity index (χ1v) is 9.29. The summed E-state index contributed by atoms with van der Waals surface area (Å²) < 4.78 is 0. The summed E-state index contributed by atoms with van der Waals surface area (Å²) >= 11 is 1.65. The Morgan fingerprint density at radius 1 is 1.38 bits per heavy atom. The maximum absolute atomic E-state index is 12.5. The summed E-state index contributed by atoms with van der Waals surface area (Å²) in [5.74, 6) is 1.63. The van der Waals surface area contributed by atoms with Gasteiger partial charge >= 0.3 is 0 Å². The van der Waals surface area contributed by atoms with Gasteiger partial charge in [-0.2, -0.15) is 0 Å². The van der Waals surface area contributed by atoms with Crippen LogP contribution in [-0.2, 0) is 17.6 Å². The lowest BCUT2D eigenvalue weighted by atomic mass is 9.93. The Morgan fingerprint density at radius 2 is 2.21 bits per heavy atom. The SMILES string of the molecule is CN(C)c1nccnc1CC1CCCN(C(=O)Cc2cccs2)C1. The van der Waals surface area contributed by atoms with E-state index in [1.165, 1.54) is 0 Å². The lowest BCUT2D eigenvalue weighted by molar-refractivity contribution is -0.132. The molecule has 3 heterocycles. The number of thiophene rings is 1. The Kier molecular flexibility index (Phi) is 5.45. The fraction of sp³-hybridized carbons (Fsp3) is 0.500. The Balaban J connectivity index is 1.62. The van der Waals surface area contributed by atoms with E-state index in [0.29, 0.717) is 12.3 Å². The van der Waals surface area contributed by atoms with Crippen LogP contribution in [0.15, 0.2) is 29.9 Å². The molecule has 1 aliphatic heterocycles. The van der Waals surface area contributed by atoms with Crippen LogP contribution in [-0.4, -0.2) is 48.0 Å². The van der Waals surface area contributed by atoms with Crippen molar-refractivity contribution in [2.45, 2.75) is 25.7 Å². The third-order valence-electron chi connectivity index (χ3n) is 4.43. The number of likely N-dealkylation sites (tertiary alicyclic amines) is 1. The van der Waals surface area contributed by atoms with Gasteiger partial charge in [0.2, 0.25) is 5.91 Å². The smallest absolute Gasteiger partial charge is 0.227 e. The van der Waals surface area contributed by atoms with Gasteiger partial charge in [-0.3, -0.25) is 9.78 Å². The van der Waals surface area contributed by atoms with Gasteiger partial charge in [0.15, 0.2) is 0 Å². The van der Waals surface area contributed by atoms with Crippen LogP contribution in [0.4, 0.5) is 5.82 Å². The second-order valence-corrected chi connectivity index (χ2v) is 7.56. The van der Waals surface area contributed by atoms with Crippen LogP contribution in [0.1, 0.15) is 23.4 Å². The molecule has 1 aliphatic rings. The molecule has 1 amide bonds. The van der Waals surface area contributed by atoms with E-state index in [4.69, 9.17) is 0 Å². The zero-order valence-electron chi connectivity index (χ0n) is 14.3. The molecule has 2 aromatic heterocycles. The summed E-state index contributed by atoms with van der Waals surface area (Å²) in [6.45, 7) is 1.70. The molecule has 1 saturated heterocycles. The molecular formula is C18H24N4OS. The number of anilines is 1. The zero-order valence-corrected chi connectivity index (χ0v) is 15.1. The van der Waals surface area contributed by atoms with Crippen molar-refractivity contribution in [1.82, 2.24) is 14.9 Å². The fourth-order valence-corrected chi connectivity index (χ4v) is 3.98. The Bertz CT molecular complexity index is 671. The molecule has 1 fully saturated rings. The van der Waals surface area contributed by atoms with Crippen molar-refractivity contribution in [1.29, 1.82) is 0 Å². The van der Waals surface area contributed by atoms with Gasteiger partial charge in [-0.25, -0.2) is 4.98 Å². The van der Waals surface area contributed by atoms with Crippen molar-refractivity contribution in [3.63, 3.8) is 0 Å². The molecule has 0 aromatic carbocycles. The summed E-state index contributed by atoms with van der Waals surface area (Å²) in [6, 6.07) is 4.04. The van der Waals surface area contributed by atoms with Gasteiger partial charge in [-0.15, -0.1) is 11.3 Å². The summed E-state index contributed by atoms with van der Waals surface area (Å²) in [4.78, 5) is 26.7. The van der Waals surface area contributed by atoms with E-state index in [-0.39, 0.29) is 5.91 Å². The minimum Gasteiger partial charge on any atom is -0.361 e. The molecule has 1 atom stereocenters. The van der Waals surface area contributed by atoms with E-state index >= 15 is 0 Å². The van der Waals surface area contributed by atoms with Crippen LogP contribution in [0.2, 0.25) is 0 Å². The van der Waals surface area contributed by atoms with E-state index in [1.807, 2.05) is 41.4 Å². The number of piperidine rings is 1. The van der Waals surface area contributed by atoms with Crippen molar-refractivity contribution in [2.75, 3.05) is 32.1 Å². The van der Waals surface area contributed by atoms with Gasteiger partial charge in [0.05, 0.1) is 12.1 Å². The molecule has 0 aliphatic carbocycles. The van der Waals surface area contributed by atoms with Crippen molar-refractivity contribution >= 4 is 23.1 Å². The van der Waals surface area contributed by atoms with Gasteiger partial charge in [0.1, 0.15) is 5.82 Å². The monoisotopic (exact) mass is 344 g/mol. The van der Waals surface area contributed by atoms with Crippen molar-refractivity contribution in [3.05, 3.63) is 40.5 Å². The first kappa shape index (κ1) is 16.9. The molecule has 0 radical (unpaired) electrons. The molecule has 0 saturated carbocycles. The summed E-state index contributed by atoms with van der Waals surface area (Å²) in [7, 11) is 3.98. The topological polar surface area (TPSA) is 49.3 Å². The van der Waals surface area contributed by atoms with Crippen molar-refractivity contribution < 1.29 is 4.79 Å². The Hall–Kier alpha value is -1.95. The van der Waals surface area contributed by atoms with Gasteiger partial charge in [-0.05, 0) is 36.6 Å². The highest BCUT2D eigenvalue weighted by Gasteiger charge is 2.25. The Labute approximate surface area is 147 Å². The summed E-state index contributed by atoms with van der Waals surface area (Å²) in [5.41, 5.74) is 1.03. The maximum atomic E-state index is 12.5. The minimum atomic E-state index is 0.245. The van der Waals surface area contributed by atoms with Gasteiger partial charge in [0.25, 0.3) is 0 Å². The second kappa shape index (κ2) is 7.75. The number of hydrogen-bond donors (Lipinski definition) is 0. The van der Waals surface area contributed by atoms with Crippen LogP contribution in [0.25, 0.3) is 0 Å². The average molecular weight is 344 g/mol. The highest BCUT2D eigenvalue weighted by Crippen LogP contribution is 2.24. The molecule has 1 unspecified atom stereocenters. The van der Waals surface area contributed by atoms with Crippen LogP contribution in [0.5, 0.6) is 0 Å². The third kappa shape index (κ3) is 4.12.